The van der Waals surface area contributed by atoms with Crippen LogP contribution in [-0.2, 0) is 11.2 Å². The van der Waals surface area contributed by atoms with Gasteiger partial charge < -0.3 is 9.88 Å². The second kappa shape index (κ2) is 7.50. The molecule has 2 heterocycles. The summed E-state index contributed by atoms with van der Waals surface area (Å²) in [5.41, 5.74) is 2.68. The van der Waals surface area contributed by atoms with Gasteiger partial charge in [0.25, 0.3) is 11.8 Å². The third-order valence-electron chi connectivity index (χ3n) is 5.04. The summed E-state index contributed by atoms with van der Waals surface area (Å²) in [6.45, 7) is 4.28. The average Bonchev–Trinajstić information content (AvgIpc) is 3.19. The van der Waals surface area contributed by atoms with E-state index in [0.717, 1.165) is 21.8 Å². The third kappa shape index (κ3) is 3.40. The molecule has 148 valence electrons. The van der Waals surface area contributed by atoms with Gasteiger partial charge in [-0.3, -0.25) is 19.3 Å². The average molecular weight is 390 g/mol. The number of carbonyl (C=O) groups is 3. The molecule has 0 aliphatic carbocycles. The zero-order valence-electron chi connectivity index (χ0n) is 16.4. The summed E-state index contributed by atoms with van der Waals surface area (Å²) in [4.78, 5) is 42.7. The van der Waals surface area contributed by atoms with Gasteiger partial charge >= 0.3 is 0 Å². The van der Waals surface area contributed by atoms with E-state index in [9.17, 15) is 14.4 Å². The van der Waals surface area contributed by atoms with Crippen molar-refractivity contribution in [3.63, 3.8) is 0 Å². The van der Waals surface area contributed by atoms with Crippen LogP contribution in [0.4, 0.5) is 0 Å². The summed E-state index contributed by atoms with van der Waals surface area (Å²) in [7, 11) is 0. The number of hydrogen-bond acceptors (Lipinski definition) is 4. The Morgan fingerprint density at radius 1 is 1.00 bits per heavy atom. The van der Waals surface area contributed by atoms with Crippen molar-refractivity contribution >= 4 is 28.8 Å². The minimum Gasteiger partial charge on any atom is -0.354 e. The van der Waals surface area contributed by atoms with Gasteiger partial charge in [0, 0.05) is 19.0 Å². The lowest BCUT2D eigenvalue weighted by molar-refractivity contribution is -0.121. The number of aromatic nitrogens is 2. The molecule has 2 aromatic carbocycles. The molecule has 0 fully saturated rings. The number of carbonyl (C=O) groups excluding carboxylic acids is 3. The molecule has 7 nitrogen and oxygen atoms in total. The quantitative estimate of drug-likeness (QED) is 0.656. The Balaban J connectivity index is 1.39. The summed E-state index contributed by atoms with van der Waals surface area (Å²) in [6, 6.07) is 14.8. The first-order valence-electron chi connectivity index (χ1n) is 9.65. The molecule has 7 heteroatoms. The highest BCUT2D eigenvalue weighted by Gasteiger charge is 2.36. The van der Waals surface area contributed by atoms with E-state index in [-0.39, 0.29) is 18.5 Å². The number of rotatable bonds is 6. The Labute approximate surface area is 168 Å². The van der Waals surface area contributed by atoms with Gasteiger partial charge in [-0.1, -0.05) is 24.3 Å². The van der Waals surface area contributed by atoms with Crippen molar-refractivity contribution < 1.29 is 14.4 Å². The van der Waals surface area contributed by atoms with Crippen LogP contribution in [0.15, 0.2) is 48.5 Å². The Bertz CT molecular complexity index is 1080. The van der Waals surface area contributed by atoms with Gasteiger partial charge in [-0.25, -0.2) is 4.98 Å². The van der Waals surface area contributed by atoms with Crippen LogP contribution < -0.4 is 5.32 Å². The van der Waals surface area contributed by atoms with E-state index in [0.29, 0.717) is 24.1 Å². The second-order valence-corrected chi connectivity index (χ2v) is 7.32. The highest BCUT2D eigenvalue weighted by atomic mass is 16.2. The summed E-state index contributed by atoms with van der Waals surface area (Å²) < 4.78 is 2.16. The Morgan fingerprint density at radius 3 is 2.28 bits per heavy atom. The summed E-state index contributed by atoms with van der Waals surface area (Å²) in [5, 5.41) is 2.80. The van der Waals surface area contributed by atoms with E-state index in [1.54, 1.807) is 24.3 Å². The van der Waals surface area contributed by atoms with Gasteiger partial charge in [0.15, 0.2) is 0 Å². The number of nitrogens with zero attached hydrogens (tertiary/aromatic N) is 3. The van der Waals surface area contributed by atoms with Crippen molar-refractivity contribution in [2.45, 2.75) is 26.3 Å². The number of imide groups is 1. The molecular weight excluding hydrogens is 368 g/mol. The third-order valence-corrected chi connectivity index (χ3v) is 5.04. The molecule has 0 saturated heterocycles. The fourth-order valence-corrected chi connectivity index (χ4v) is 3.74. The van der Waals surface area contributed by atoms with E-state index in [2.05, 4.69) is 28.7 Å². The fraction of sp³-hybridized carbons (Fsp3) is 0.273. The molecule has 1 aliphatic heterocycles. The maximum absolute atomic E-state index is 12.4. The van der Waals surface area contributed by atoms with Crippen LogP contribution in [0.1, 0.15) is 46.4 Å². The monoisotopic (exact) mass is 390 g/mol. The first-order valence-corrected chi connectivity index (χ1v) is 9.65. The molecule has 0 unspecified atom stereocenters. The molecular formula is C22H22N4O3. The first-order chi connectivity index (χ1) is 14.0. The highest BCUT2D eigenvalue weighted by molar-refractivity contribution is 6.22. The van der Waals surface area contributed by atoms with Crippen LogP contribution in [0.5, 0.6) is 0 Å². The summed E-state index contributed by atoms with van der Waals surface area (Å²) in [5.74, 6) is -0.335. The number of benzene rings is 2. The van der Waals surface area contributed by atoms with Crippen molar-refractivity contribution in [1.29, 1.82) is 0 Å². The Morgan fingerprint density at radius 2 is 1.62 bits per heavy atom. The number of nitrogens with one attached hydrogen (secondary N) is 1. The standard InChI is InChI=1S/C22H22N4O3/c1-14(2)26-18-10-6-5-9-17(18)24-19(26)11-12-23-20(27)13-25-21(28)15-7-3-4-8-16(15)22(25)29/h3-10,14H,11-13H2,1-2H3,(H,23,27). The number of para-hydroxylation sites is 2. The van der Waals surface area contributed by atoms with Gasteiger partial charge in [0.2, 0.25) is 5.91 Å². The van der Waals surface area contributed by atoms with Gasteiger partial charge in [-0.15, -0.1) is 0 Å². The van der Waals surface area contributed by atoms with Gasteiger partial charge in [0.1, 0.15) is 12.4 Å². The molecule has 3 aromatic rings. The van der Waals surface area contributed by atoms with E-state index < -0.39 is 11.8 Å². The largest absolute Gasteiger partial charge is 0.354 e. The topological polar surface area (TPSA) is 84.3 Å². The van der Waals surface area contributed by atoms with Gasteiger partial charge in [-0.05, 0) is 38.1 Å². The van der Waals surface area contributed by atoms with Crippen molar-refractivity contribution in [1.82, 2.24) is 19.8 Å². The lowest BCUT2D eigenvalue weighted by Crippen LogP contribution is -2.41. The molecule has 4 rings (SSSR count). The van der Waals surface area contributed by atoms with Crippen LogP contribution in [0, 0.1) is 0 Å². The van der Waals surface area contributed by atoms with Gasteiger partial charge in [0.05, 0.1) is 22.2 Å². The zero-order chi connectivity index (χ0) is 20.5. The Kier molecular flexibility index (Phi) is 4.88. The molecule has 0 radical (unpaired) electrons. The van der Waals surface area contributed by atoms with Crippen LogP contribution in [0.3, 0.4) is 0 Å². The molecule has 0 spiro atoms. The van der Waals surface area contributed by atoms with E-state index in [1.807, 2.05) is 24.3 Å². The van der Waals surface area contributed by atoms with Crippen molar-refractivity contribution in [3.8, 4) is 0 Å². The SMILES string of the molecule is CC(C)n1c(CCNC(=O)CN2C(=O)c3ccccc3C2=O)nc2ccccc21. The number of hydrogen-bond donors (Lipinski definition) is 1. The maximum Gasteiger partial charge on any atom is 0.262 e. The molecule has 0 atom stereocenters. The summed E-state index contributed by atoms with van der Waals surface area (Å²) in [6.07, 6.45) is 0.556. The van der Waals surface area contributed by atoms with Crippen LogP contribution in [0.2, 0.25) is 0 Å². The molecule has 3 amide bonds. The summed E-state index contributed by atoms with van der Waals surface area (Å²) >= 11 is 0. The predicted octanol–water partition coefficient (Wildman–Crippen LogP) is 2.57. The molecule has 29 heavy (non-hydrogen) atoms. The van der Waals surface area contributed by atoms with E-state index in [4.69, 9.17) is 0 Å². The number of imidazole rings is 1. The molecule has 1 N–H and O–H groups in total. The van der Waals surface area contributed by atoms with Crippen LogP contribution in [0.25, 0.3) is 11.0 Å². The van der Waals surface area contributed by atoms with Crippen molar-refractivity contribution in [3.05, 3.63) is 65.5 Å². The number of amides is 3. The van der Waals surface area contributed by atoms with Crippen molar-refractivity contribution in [2.24, 2.45) is 0 Å². The maximum atomic E-state index is 12.4. The fourth-order valence-electron chi connectivity index (χ4n) is 3.74. The normalized spacial score (nSPS) is 13.4. The Hall–Kier alpha value is -3.48. The lowest BCUT2D eigenvalue weighted by atomic mass is 10.1. The van der Waals surface area contributed by atoms with Crippen molar-refractivity contribution in [2.75, 3.05) is 13.1 Å². The second-order valence-electron chi connectivity index (χ2n) is 7.32. The molecule has 1 aliphatic rings. The lowest BCUT2D eigenvalue weighted by Gasteiger charge is -2.15. The minimum atomic E-state index is -0.428. The van der Waals surface area contributed by atoms with Gasteiger partial charge in [-0.2, -0.15) is 0 Å². The minimum absolute atomic E-state index is 0.242. The molecule has 0 bridgehead atoms. The number of fused-ring (bicyclic) bond motifs is 2. The van der Waals surface area contributed by atoms with Crippen LogP contribution >= 0.6 is 0 Å². The van der Waals surface area contributed by atoms with Crippen LogP contribution in [-0.4, -0.2) is 45.3 Å². The molecule has 1 aromatic heterocycles. The van der Waals surface area contributed by atoms with E-state index in [1.165, 1.54) is 0 Å². The first kappa shape index (κ1) is 18.9. The smallest absolute Gasteiger partial charge is 0.262 e. The highest BCUT2D eigenvalue weighted by Crippen LogP contribution is 2.22. The van der Waals surface area contributed by atoms with E-state index >= 15 is 0 Å². The molecule has 0 saturated carbocycles. The predicted molar refractivity (Wildman–Crippen MR) is 109 cm³/mol. The zero-order valence-corrected chi connectivity index (χ0v) is 16.4.